The number of ether oxygens (including phenoxy) is 1. The van der Waals surface area contributed by atoms with Crippen LogP contribution in [0.2, 0.25) is 0 Å². The van der Waals surface area contributed by atoms with Crippen molar-refractivity contribution in [2.75, 3.05) is 6.54 Å². The number of benzene rings is 2. The molecule has 2 aromatic carbocycles. The molecule has 1 amide bonds. The van der Waals surface area contributed by atoms with Gasteiger partial charge in [-0.3, -0.25) is 4.90 Å². The van der Waals surface area contributed by atoms with Gasteiger partial charge in [-0.1, -0.05) is 60.7 Å². The third kappa shape index (κ3) is 4.38. The second kappa shape index (κ2) is 7.83. The maximum absolute atomic E-state index is 12.4. The lowest BCUT2D eigenvalue weighted by atomic mass is 9.97. The number of hydrogen-bond acceptors (Lipinski definition) is 3. The van der Waals surface area contributed by atoms with E-state index in [1.165, 1.54) is 4.90 Å². The molecule has 1 heterocycles. The molecule has 5 heteroatoms. The number of nitrogens with zero attached hydrogens (tertiary/aromatic N) is 1. The summed E-state index contributed by atoms with van der Waals surface area (Å²) in [5, 5.41) is 9.45. The first-order valence-corrected chi connectivity index (χ1v) is 8.37. The van der Waals surface area contributed by atoms with E-state index < -0.39 is 18.1 Å². The van der Waals surface area contributed by atoms with E-state index in [2.05, 4.69) is 0 Å². The van der Waals surface area contributed by atoms with Crippen LogP contribution in [0.25, 0.3) is 0 Å². The Morgan fingerprint density at radius 1 is 1.00 bits per heavy atom. The van der Waals surface area contributed by atoms with E-state index in [1.807, 2.05) is 60.7 Å². The molecular formula is C20H21NO4. The number of carboxylic acids is 1. The molecule has 2 aromatic rings. The number of aliphatic carboxylic acids is 1. The predicted octanol–water partition coefficient (Wildman–Crippen LogP) is 3.34. The summed E-state index contributed by atoms with van der Waals surface area (Å²) in [7, 11) is 0. The van der Waals surface area contributed by atoms with Gasteiger partial charge in [-0.2, -0.15) is 0 Å². The maximum Gasteiger partial charge on any atom is 0.410 e. The molecule has 25 heavy (non-hydrogen) atoms. The molecule has 1 aliphatic heterocycles. The SMILES string of the molecule is O=C(O)[C@@H]1CC(Cc2ccccc2)CN1C(=O)OCc1ccccc1. The Morgan fingerprint density at radius 2 is 1.60 bits per heavy atom. The summed E-state index contributed by atoms with van der Waals surface area (Å²) in [6.45, 7) is 0.547. The third-order valence-electron chi connectivity index (χ3n) is 4.48. The molecule has 130 valence electrons. The lowest BCUT2D eigenvalue weighted by Gasteiger charge is -2.21. The van der Waals surface area contributed by atoms with Crippen molar-refractivity contribution in [3.05, 3.63) is 71.8 Å². The Hall–Kier alpha value is -2.82. The fourth-order valence-corrected chi connectivity index (χ4v) is 3.26. The van der Waals surface area contributed by atoms with E-state index in [1.54, 1.807) is 0 Å². The van der Waals surface area contributed by atoms with Gasteiger partial charge < -0.3 is 9.84 Å². The van der Waals surface area contributed by atoms with Gasteiger partial charge in [0.15, 0.2) is 0 Å². The van der Waals surface area contributed by atoms with Crippen molar-refractivity contribution in [3.8, 4) is 0 Å². The topological polar surface area (TPSA) is 66.8 Å². The summed E-state index contributed by atoms with van der Waals surface area (Å²) in [5.74, 6) is -0.861. The Labute approximate surface area is 146 Å². The molecule has 5 nitrogen and oxygen atoms in total. The zero-order valence-electron chi connectivity index (χ0n) is 13.9. The van der Waals surface area contributed by atoms with Gasteiger partial charge in [0, 0.05) is 6.54 Å². The quantitative estimate of drug-likeness (QED) is 0.907. The van der Waals surface area contributed by atoms with Crippen LogP contribution >= 0.6 is 0 Å². The Morgan fingerprint density at radius 3 is 2.20 bits per heavy atom. The zero-order valence-corrected chi connectivity index (χ0v) is 13.9. The van der Waals surface area contributed by atoms with E-state index in [-0.39, 0.29) is 12.5 Å². The van der Waals surface area contributed by atoms with Crippen LogP contribution in [0.5, 0.6) is 0 Å². The standard InChI is InChI=1S/C20H21NO4/c22-19(23)18-12-17(11-15-7-3-1-4-8-15)13-21(18)20(24)25-14-16-9-5-2-6-10-16/h1-10,17-18H,11-14H2,(H,22,23)/t17?,18-/m0/s1. The Balaban J connectivity index is 1.62. The largest absolute Gasteiger partial charge is 0.480 e. The van der Waals surface area contributed by atoms with Gasteiger partial charge in [0.25, 0.3) is 0 Å². The van der Waals surface area contributed by atoms with E-state index in [0.717, 1.165) is 17.5 Å². The molecule has 1 fully saturated rings. The van der Waals surface area contributed by atoms with E-state index in [0.29, 0.717) is 13.0 Å². The van der Waals surface area contributed by atoms with Crippen LogP contribution in [-0.2, 0) is 22.6 Å². The first kappa shape index (κ1) is 17.0. The van der Waals surface area contributed by atoms with E-state index >= 15 is 0 Å². The van der Waals surface area contributed by atoms with Crippen LogP contribution in [0.3, 0.4) is 0 Å². The van der Waals surface area contributed by atoms with Gasteiger partial charge in [-0.15, -0.1) is 0 Å². The first-order chi connectivity index (χ1) is 12.1. The van der Waals surface area contributed by atoms with Crippen LogP contribution in [0.15, 0.2) is 60.7 Å². The van der Waals surface area contributed by atoms with Gasteiger partial charge in [0.05, 0.1) is 0 Å². The zero-order chi connectivity index (χ0) is 17.6. The molecule has 0 bridgehead atoms. The van der Waals surface area contributed by atoms with Gasteiger partial charge in [0.1, 0.15) is 12.6 Å². The average molecular weight is 339 g/mol. The van der Waals surface area contributed by atoms with Crippen LogP contribution in [0, 0.1) is 5.92 Å². The fraction of sp³-hybridized carbons (Fsp3) is 0.300. The molecule has 0 saturated carbocycles. The minimum atomic E-state index is -0.979. The van der Waals surface area contributed by atoms with Gasteiger partial charge in [-0.25, -0.2) is 9.59 Å². The number of carbonyl (C=O) groups excluding carboxylic acids is 1. The molecule has 0 radical (unpaired) electrons. The lowest BCUT2D eigenvalue weighted by Crippen LogP contribution is -2.40. The number of carboxylic acid groups (broad SMARTS) is 1. The summed E-state index contributed by atoms with van der Waals surface area (Å²) in [6.07, 6.45) is 0.643. The van der Waals surface area contributed by atoms with Crippen molar-refractivity contribution >= 4 is 12.1 Å². The predicted molar refractivity (Wildman–Crippen MR) is 93.0 cm³/mol. The van der Waals surface area contributed by atoms with E-state index in [9.17, 15) is 14.7 Å². The van der Waals surface area contributed by atoms with Crippen molar-refractivity contribution < 1.29 is 19.4 Å². The smallest absolute Gasteiger partial charge is 0.410 e. The number of rotatable bonds is 5. The normalized spacial score (nSPS) is 19.6. The highest BCUT2D eigenvalue weighted by molar-refractivity contribution is 5.80. The highest BCUT2D eigenvalue weighted by atomic mass is 16.6. The first-order valence-electron chi connectivity index (χ1n) is 8.37. The minimum absolute atomic E-state index is 0.118. The third-order valence-corrected chi connectivity index (χ3v) is 4.48. The lowest BCUT2D eigenvalue weighted by molar-refractivity contribution is -0.141. The monoisotopic (exact) mass is 339 g/mol. The molecule has 2 atom stereocenters. The van der Waals surface area contributed by atoms with Crippen LogP contribution in [-0.4, -0.2) is 34.7 Å². The molecule has 0 spiro atoms. The molecule has 0 aliphatic carbocycles. The van der Waals surface area contributed by atoms with Gasteiger partial charge in [0.2, 0.25) is 0 Å². The van der Waals surface area contributed by atoms with Gasteiger partial charge in [-0.05, 0) is 29.9 Å². The number of likely N-dealkylation sites (tertiary alicyclic amines) is 1. The fourth-order valence-electron chi connectivity index (χ4n) is 3.26. The molecule has 0 aromatic heterocycles. The molecule has 1 unspecified atom stereocenters. The average Bonchev–Trinajstić information content (AvgIpc) is 3.06. The second-order valence-electron chi connectivity index (χ2n) is 6.34. The summed E-state index contributed by atoms with van der Waals surface area (Å²) in [4.78, 5) is 25.3. The minimum Gasteiger partial charge on any atom is -0.480 e. The van der Waals surface area contributed by atoms with E-state index in [4.69, 9.17) is 4.74 Å². The van der Waals surface area contributed by atoms with Gasteiger partial charge >= 0.3 is 12.1 Å². The highest BCUT2D eigenvalue weighted by Gasteiger charge is 2.40. The van der Waals surface area contributed by atoms with Crippen LogP contribution < -0.4 is 0 Å². The summed E-state index contributed by atoms with van der Waals surface area (Å²) in [6, 6.07) is 18.5. The number of hydrogen-bond donors (Lipinski definition) is 1. The van der Waals surface area contributed by atoms with Crippen molar-refractivity contribution in [2.45, 2.75) is 25.5 Å². The highest BCUT2D eigenvalue weighted by Crippen LogP contribution is 2.27. The Bertz CT molecular complexity index is 717. The van der Waals surface area contributed by atoms with Crippen molar-refractivity contribution in [2.24, 2.45) is 5.92 Å². The van der Waals surface area contributed by atoms with Crippen molar-refractivity contribution in [3.63, 3.8) is 0 Å². The Kier molecular flexibility index (Phi) is 5.33. The number of amides is 1. The summed E-state index contributed by atoms with van der Waals surface area (Å²) < 4.78 is 5.31. The van der Waals surface area contributed by atoms with Crippen molar-refractivity contribution in [1.29, 1.82) is 0 Å². The maximum atomic E-state index is 12.4. The van der Waals surface area contributed by atoms with Crippen LogP contribution in [0.1, 0.15) is 17.5 Å². The molecule has 1 N–H and O–H groups in total. The molecule has 1 aliphatic rings. The molecule has 1 saturated heterocycles. The molecular weight excluding hydrogens is 318 g/mol. The summed E-state index contributed by atoms with van der Waals surface area (Å²) in [5.41, 5.74) is 2.03. The number of carbonyl (C=O) groups is 2. The second-order valence-corrected chi connectivity index (χ2v) is 6.34. The summed E-state index contributed by atoms with van der Waals surface area (Å²) >= 11 is 0. The van der Waals surface area contributed by atoms with Crippen molar-refractivity contribution in [1.82, 2.24) is 4.90 Å². The van der Waals surface area contributed by atoms with Crippen LogP contribution in [0.4, 0.5) is 4.79 Å². The molecule has 3 rings (SSSR count).